The number of halogens is 1. The van der Waals surface area contributed by atoms with E-state index < -0.39 is 0 Å². The molecule has 0 aliphatic carbocycles. The Morgan fingerprint density at radius 1 is 1.06 bits per heavy atom. The molecule has 0 radical (unpaired) electrons. The highest BCUT2D eigenvalue weighted by atomic mass is 19.1. The molecular formula is C14H15FN2O. The average molecular weight is 246 g/mol. The van der Waals surface area contributed by atoms with Gasteiger partial charge in [0.1, 0.15) is 0 Å². The zero-order chi connectivity index (χ0) is 12.8. The average Bonchev–Trinajstić information content (AvgIpc) is 2.42. The summed E-state index contributed by atoms with van der Waals surface area (Å²) in [6, 6.07) is 14.7. The van der Waals surface area contributed by atoms with E-state index in [0.717, 1.165) is 5.69 Å². The second-order valence-corrected chi connectivity index (χ2v) is 3.78. The van der Waals surface area contributed by atoms with Crippen molar-refractivity contribution in [3.63, 3.8) is 0 Å². The molecule has 0 amide bonds. The third-order valence-electron chi connectivity index (χ3n) is 2.55. The number of hydrogen-bond donors (Lipinski definition) is 2. The van der Waals surface area contributed by atoms with E-state index >= 15 is 0 Å². The Kier molecular flexibility index (Phi) is 4.15. The third kappa shape index (κ3) is 2.99. The maximum Gasteiger partial charge on any atom is 0.169 e. The van der Waals surface area contributed by atoms with E-state index in [1.165, 1.54) is 7.11 Å². The number of benzene rings is 2. The summed E-state index contributed by atoms with van der Waals surface area (Å²) >= 11 is 0. The summed E-state index contributed by atoms with van der Waals surface area (Å²) < 4.78 is 18.7. The highest BCUT2D eigenvalue weighted by Gasteiger charge is 2.07. The monoisotopic (exact) mass is 246 g/mol. The fourth-order valence-electron chi connectivity index (χ4n) is 1.61. The molecule has 2 aromatic rings. The highest BCUT2D eigenvalue weighted by molar-refractivity contribution is 5.41. The van der Waals surface area contributed by atoms with Crippen molar-refractivity contribution in [3.8, 4) is 5.75 Å². The maximum atomic E-state index is 13.8. The van der Waals surface area contributed by atoms with E-state index in [1.807, 2.05) is 30.3 Å². The zero-order valence-corrected chi connectivity index (χ0v) is 10.1. The van der Waals surface area contributed by atoms with Gasteiger partial charge in [0.15, 0.2) is 11.6 Å². The predicted molar refractivity (Wildman–Crippen MR) is 69.9 cm³/mol. The molecule has 0 spiro atoms. The molecule has 0 heterocycles. The van der Waals surface area contributed by atoms with Gasteiger partial charge in [0, 0.05) is 17.8 Å². The minimum absolute atomic E-state index is 0.258. The van der Waals surface area contributed by atoms with Crippen LogP contribution < -0.4 is 15.6 Å². The standard InChI is InChI=1S/C14H15FN2O/c1-18-13-9-5-6-11(14(13)15)10-16-17-12-7-3-2-4-8-12/h2-9,16-17H,10H2,1H3. The number of ether oxygens (including phenoxy) is 1. The molecule has 0 aromatic heterocycles. The Balaban J connectivity index is 1.95. The second-order valence-electron chi connectivity index (χ2n) is 3.78. The molecular weight excluding hydrogens is 231 g/mol. The molecule has 0 fully saturated rings. The topological polar surface area (TPSA) is 33.3 Å². The fourth-order valence-corrected chi connectivity index (χ4v) is 1.61. The SMILES string of the molecule is COc1cccc(CNNc2ccccc2)c1F. The Morgan fingerprint density at radius 3 is 2.56 bits per heavy atom. The van der Waals surface area contributed by atoms with Crippen LogP contribution in [0, 0.1) is 5.82 Å². The number of para-hydroxylation sites is 1. The Morgan fingerprint density at radius 2 is 1.83 bits per heavy atom. The highest BCUT2D eigenvalue weighted by Crippen LogP contribution is 2.19. The van der Waals surface area contributed by atoms with Crippen molar-refractivity contribution in [2.45, 2.75) is 6.54 Å². The summed E-state index contributed by atoms with van der Waals surface area (Å²) in [5, 5.41) is 0. The summed E-state index contributed by atoms with van der Waals surface area (Å²) in [5.41, 5.74) is 7.45. The number of nitrogens with one attached hydrogen (secondary N) is 2. The van der Waals surface area contributed by atoms with Gasteiger partial charge in [-0.05, 0) is 18.2 Å². The van der Waals surface area contributed by atoms with E-state index in [-0.39, 0.29) is 11.6 Å². The first-order valence-corrected chi connectivity index (χ1v) is 5.66. The number of rotatable bonds is 5. The molecule has 0 bridgehead atoms. The van der Waals surface area contributed by atoms with E-state index in [4.69, 9.17) is 4.74 Å². The lowest BCUT2D eigenvalue weighted by molar-refractivity contribution is 0.383. The van der Waals surface area contributed by atoms with Gasteiger partial charge in [0.25, 0.3) is 0 Å². The number of methoxy groups -OCH3 is 1. The maximum absolute atomic E-state index is 13.8. The van der Waals surface area contributed by atoms with Crippen LogP contribution in [0.15, 0.2) is 48.5 Å². The lowest BCUT2D eigenvalue weighted by Crippen LogP contribution is -2.21. The number of hydrazine groups is 1. The van der Waals surface area contributed by atoms with E-state index in [1.54, 1.807) is 18.2 Å². The van der Waals surface area contributed by atoms with Crippen LogP contribution in [0.3, 0.4) is 0 Å². The van der Waals surface area contributed by atoms with Gasteiger partial charge in [-0.25, -0.2) is 9.82 Å². The van der Waals surface area contributed by atoms with Crippen LogP contribution in [0.5, 0.6) is 5.75 Å². The molecule has 0 aliphatic heterocycles. The molecule has 94 valence electrons. The van der Waals surface area contributed by atoms with Crippen LogP contribution in [0.25, 0.3) is 0 Å². The van der Waals surface area contributed by atoms with Gasteiger partial charge in [0.05, 0.1) is 7.11 Å². The summed E-state index contributed by atoms with van der Waals surface area (Å²) in [5.74, 6) is -0.0728. The predicted octanol–water partition coefficient (Wildman–Crippen LogP) is 2.95. The summed E-state index contributed by atoms with van der Waals surface area (Å²) in [4.78, 5) is 0. The van der Waals surface area contributed by atoms with Gasteiger partial charge in [-0.15, -0.1) is 0 Å². The molecule has 0 aliphatic rings. The van der Waals surface area contributed by atoms with E-state index in [2.05, 4.69) is 10.9 Å². The normalized spacial score (nSPS) is 10.1. The van der Waals surface area contributed by atoms with Gasteiger partial charge in [-0.2, -0.15) is 0 Å². The molecule has 2 rings (SSSR count). The second kappa shape index (κ2) is 6.02. The summed E-state index contributed by atoms with van der Waals surface area (Å²) in [6.07, 6.45) is 0. The van der Waals surface area contributed by atoms with E-state index in [9.17, 15) is 4.39 Å². The molecule has 4 heteroatoms. The fraction of sp³-hybridized carbons (Fsp3) is 0.143. The Hall–Kier alpha value is -2.07. The van der Waals surface area contributed by atoms with Gasteiger partial charge >= 0.3 is 0 Å². The van der Waals surface area contributed by atoms with Crippen molar-refractivity contribution in [2.75, 3.05) is 12.5 Å². The van der Waals surface area contributed by atoms with Crippen LogP contribution in [0.2, 0.25) is 0 Å². The summed E-state index contributed by atoms with van der Waals surface area (Å²) in [6.45, 7) is 0.373. The van der Waals surface area contributed by atoms with Crippen LogP contribution in [0.1, 0.15) is 5.56 Å². The van der Waals surface area contributed by atoms with Gasteiger partial charge in [0.2, 0.25) is 0 Å². The first-order valence-electron chi connectivity index (χ1n) is 5.66. The van der Waals surface area contributed by atoms with Crippen molar-refractivity contribution in [3.05, 3.63) is 59.9 Å². The molecule has 2 N–H and O–H groups in total. The van der Waals surface area contributed by atoms with Crippen LogP contribution in [-0.4, -0.2) is 7.11 Å². The first kappa shape index (κ1) is 12.4. The largest absolute Gasteiger partial charge is 0.494 e. The van der Waals surface area contributed by atoms with Crippen molar-refractivity contribution >= 4 is 5.69 Å². The molecule has 2 aromatic carbocycles. The van der Waals surface area contributed by atoms with Gasteiger partial charge in [-0.3, -0.25) is 0 Å². The lowest BCUT2D eigenvalue weighted by atomic mass is 10.2. The minimum atomic E-state index is -0.331. The number of anilines is 1. The van der Waals surface area contributed by atoms with E-state index in [0.29, 0.717) is 12.1 Å². The molecule has 18 heavy (non-hydrogen) atoms. The minimum Gasteiger partial charge on any atom is -0.494 e. The van der Waals surface area contributed by atoms with Gasteiger partial charge in [-0.1, -0.05) is 30.3 Å². The van der Waals surface area contributed by atoms with Crippen LogP contribution >= 0.6 is 0 Å². The van der Waals surface area contributed by atoms with Gasteiger partial charge < -0.3 is 10.2 Å². The van der Waals surface area contributed by atoms with Crippen molar-refractivity contribution in [2.24, 2.45) is 0 Å². The Bertz CT molecular complexity index is 502. The van der Waals surface area contributed by atoms with Crippen molar-refractivity contribution in [1.82, 2.24) is 5.43 Å². The molecule has 0 unspecified atom stereocenters. The number of hydrogen-bond acceptors (Lipinski definition) is 3. The van der Waals surface area contributed by atoms with Crippen LogP contribution in [-0.2, 0) is 6.54 Å². The quantitative estimate of drug-likeness (QED) is 0.796. The zero-order valence-electron chi connectivity index (χ0n) is 10.1. The molecule has 0 saturated carbocycles. The lowest BCUT2D eigenvalue weighted by Gasteiger charge is -2.10. The first-order chi connectivity index (χ1) is 8.81. The van der Waals surface area contributed by atoms with Crippen LogP contribution in [0.4, 0.5) is 10.1 Å². The smallest absolute Gasteiger partial charge is 0.169 e. The molecule has 3 nitrogen and oxygen atoms in total. The molecule has 0 saturated heterocycles. The van der Waals surface area contributed by atoms with Crippen molar-refractivity contribution in [1.29, 1.82) is 0 Å². The third-order valence-corrected chi connectivity index (χ3v) is 2.55. The summed E-state index contributed by atoms with van der Waals surface area (Å²) in [7, 11) is 1.46. The Labute approximate surface area is 106 Å². The van der Waals surface area contributed by atoms with Crippen molar-refractivity contribution < 1.29 is 9.13 Å². The molecule has 0 atom stereocenters.